The Labute approximate surface area is 116 Å². The molecule has 0 bridgehead atoms. The van der Waals surface area contributed by atoms with Gasteiger partial charge in [-0.2, -0.15) is 0 Å². The number of hydroxylamine groups is 1. The quantitative estimate of drug-likeness (QED) is 0.674. The van der Waals surface area contributed by atoms with Crippen LogP contribution < -0.4 is 16.1 Å². The number of amides is 1. The fourth-order valence-electron chi connectivity index (χ4n) is 2.42. The van der Waals surface area contributed by atoms with Crippen molar-refractivity contribution in [3.05, 3.63) is 11.8 Å². The molecule has 0 aromatic heterocycles. The Morgan fingerprint density at radius 2 is 1.89 bits per heavy atom. The highest BCUT2D eigenvalue weighted by Crippen LogP contribution is 2.26. The third-order valence-corrected chi connectivity index (χ3v) is 2.58. The molecule has 0 saturated heterocycles. The van der Waals surface area contributed by atoms with Crippen molar-refractivity contribution in [3.63, 3.8) is 0 Å². The van der Waals surface area contributed by atoms with Gasteiger partial charge >= 0.3 is 6.09 Å². The minimum Gasteiger partial charge on any atom is -0.325 e. The number of hydrogen-bond acceptors (Lipinski definition) is 4. The maximum Gasteiger partial charge on any atom is 0.431 e. The number of hydrogen-bond donors (Lipinski definition) is 3. The zero-order valence-corrected chi connectivity index (χ0v) is 13.1. The topological polar surface area (TPSA) is 62.4 Å². The van der Waals surface area contributed by atoms with Gasteiger partial charge in [0.05, 0.1) is 0 Å². The molecule has 3 N–H and O–H groups in total. The van der Waals surface area contributed by atoms with E-state index in [2.05, 4.69) is 43.8 Å². The van der Waals surface area contributed by atoms with Crippen LogP contribution in [0.25, 0.3) is 0 Å². The monoisotopic (exact) mass is 269 g/mol. The molecule has 5 heteroatoms. The van der Waals surface area contributed by atoms with Crippen molar-refractivity contribution < 1.29 is 9.63 Å². The maximum atomic E-state index is 11.6. The van der Waals surface area contributed by atoms with Gasteiger partial charge in [0.25, 0.3) is 0 Å². The Hall–Kier alpha value is -1.23. The largest absolute Gasteiger partial charge is 0.431 e. The zero-order chi connectivity index (χ0) is 14.9. The number of carbonyl (C=O) groups is 1. The zero-order valence-electron chi connectivity index (χ0n) is 13.1. The molecule has 1 aliphatic rings. The van der Waals surface area contributed by atoms with E-state index in [1.807, 2.05) is 26.8 Å². The standard InChI is InChI=1S/C14H27N3O2/c1-12(2,3)15-11(18)19-16-10-8-13(4,5)17-14(6,7)9-10/h8,16-17H,9H2,1-7H3,(H,15,18). The van der Waals surface area contributed by atoms with Gasteiger partial charge in [-0.3, -0.25) is 0 Å². The van der Waals surface area contributed by atoms with Gasteiger partial charge in [-0.25, -0.2) is 10.3 Å². The van der Waals surface area contributed by atoms with E-state index in [0.717, 1.165) is 12.1 Å². The summed E-state index contributed by atoms with van der Waals surface area (Å²) in [6.45, 7) is 14.1. The van der Waals surface area contributed by atoms with Crippen molar-refractivity contribution in [2.75, 3.05) is 0 Å². The molecule has 0 radical (unpaired) electrons. The van der Waals surface area contributed by atoms with Gasteiger partial charge in [-0.15, -0.1) is 0 Å². The van der Waals surface area contributed by atoms with Crippen LogP contribution in [0.15, 0.2) is 11.8 Å². The summed E-state index contributed by atoms with van der Waals surface area (Å²) < 4.78 is 0. The normalized spacial score (nSPS) is 21.3. The van der Waals surface area contributed by atoms with Gasteiger partial charge in [0.1, 0.15) is 0 Å². The Balaban J connectivity index is 2.58. The van der Waals surface area contributed by atoms with Crippen LogP contribution in [0.1, 0.15) is 54.9 Å². The summed E-state index contributed by atoms with van der Waals surface area (Å²) in [5.74, 6) is 0. The minimum absolute atomic E-state index is 0.0373. The average Bonchev–Trinajstić information content (AvgIpc) is 2.06. The highest BCUT2D eigenvalue weighted by molar-refractivity contribution is 5.67. The maximum absolute atomic E-state index is 11.6. The van der Waals surface area contributed by atoms with Gasteiger partial charge in [0.2, 0.25) is 0 Å². The fourth-order valence-corrected chi connectivity index (χ4v) is 2.42. The SMILES string of the molecule is CC(C)(C)NC(=O)ONC1=CC(C)(C)NC(C)(C)C1. The molecule has 0 unspecified atom stereocenters. The molecule has 1 rings (SSSR count). The van der Waals surface area contributed by atoms with Crippen LogP contribution in [0.2, 0.25) is 0 Å². The van der Waals surface area contributed by atoms with Crippen LogP contribution in [0.5, 0.6) is 0 Å². The summed E-state index contributed by atoms with van der Waals surface area (Å²) in [5.41, 5.74) is 3.20. The van der Waals surface area contributed by atoms with Crippen molar-refractivity contribution >= 4 is 6.09 Å². The van der Waals surface area contributed by atoms with E-state index in [0.29, 0.717) is 0 Å². The second kappa shape index (κ2) is 5.04. The number of nitrogens with one attached hydrogen (secondary N) is 3. The van der Waals surface area contributed by atoms with Gasteiger partial charge in [-0.1, -0.05) is 0 Å². The van der Waals surface area contributed by atoms with Gasteiger partial charge in [-0.05, 0) is 54.5 Å². The van der Waals surface area contributed by atoms with Gasteiger partial charge in [0.15, 0.2) is 0 Å². The summed E-state index contributed by atoms with van der Waals surface area (Å²) in [4.78, 5) is 16.6. The van der Waals surface area contributed by atoms with Gasteiger partial charge in [0, 0.05) is 28.7 Å². The molecule has 0 spiro atoms. The molecular weight excluding hydrogens is 242 g/mol. The van der Waals surface area contributed by atoms with Crippen molar-refractivity contribution in [2.45, 2.75) is 71.5 Å². The van der Waals surface area contributed by atoms with E-state index in [1.165, 1.54) is 0 Å². The second-order valence-electron chi connectivity index (χ2n) is 7.44. The first-order valence-electron chi connectivity index (χ1n) is 6.65. The van der Waals surface area contributed by atoms with Crippen LogP contribution in [0, 0.1) is 0 Å². The summed E-state index contributed by atoms with van der Waals surface area (Å²) in [7, 11) is 0. The molecule has 5 nitrogen and oxygen atoms in total. The summed E-state index contributed by atoms with van der Waals surface area (Å²) in [5, 5.41) is 6.25. The molecule has 1 aliphatic heterocycles. The van der Waals surface area contributed by atoms with Crippen molar-refractivity contribution in [1.29, 1.82) is 0 Å². The smallest absolute Gasteiger partial charge is 0.325 e. The molecule has 0 saturated carbocycles. The minimum atomic E-state index is -0.470. The van der Waals surface area contributed by atoms with Gasteiger partial charge < -0.3 is 15.5 Å². The Kier molecular flexibility index (Phi) is 4.20. The van der Waals surface area contributed by atoms with Crippen LogP contribution in [-0.2, 0) is 4.84 Å². The lowest BCUT2D eigenvalue weighted by Gasteiger charge is -2.41. The van der Waals surface area contributed by atoms with Crippen LogP contribution in [0.4, 0.5) is 4.79 Å². The average molecular weight is 269 g/mol. The fraction of sp³-hybridized carbons (Fsp3) is 0.786. The molecule has 0 fully saturated rings. The summed E-state index contributed by atoms with van der Waals surface area (Å²) in [6, 6.07) is 0. The first-order valence-corrected chi connectivity index (χ1v) is 6.65. The molecule has 19 heavy (non-hydrogen) atoms. The lowest BCUT2D eigenvalue weighted by Crippen LogP contribution is -2.55. The number of rotatable bonds is 2. The third-order valence-electron chi connectivity index (χ3n) is 2.58. The molecule has 110 valence electrons. The number of carbonyl (C=O) groups excluding carboxylic acids is 1. The van der Waals surface area contributed by atoms with E-state index in [9.17, 15) is 4.79 Å². The van der Waals surface area contributed by atoms with Crippen molar-refractivity contribution in [1.82, 2.24) is 16.1 Å². The van der Waals surface area contributed by atoms with E-state index >= 15 is 0 Å². The highest BCUT2D eigenvalue weighted by Gasteiger charge is 2.32. The molecule has 0 aromatic carbocycles. The van der Waals surface area contributed by atoms with Crippen LogP contribution in [0.3, 0.4) is 0 Å². The molecule has 1 amide bonds. The van der Waals surface area contributed by atoms with Crippen molar-refractivity contribution in [3.8, 4) is 0 Å². The van der Waals surface area contributed by atoms with Crippen molar-refractivity contribution in [2.24, 2.45) is 0 Å². The summed E-state index contributed by atoms with van der Waals surface area (Å²) in [6.07, 6.45) is 2.35. The first kappa shape index (κ1) is 15.8. The Bertz CT molecular complexity index is 379. The van der Waals surface area contributed by atoms with E-state index in [1.54, 1.807) is 0 Å². The van der Waals surface area contributed by atoms with Crippen LogP contribution in [-0.4, -0.2) is 22.7 Å². The first-order chi connectivity index (χ1) is 8.39. The second-order valence-corrected chi connectivity index (χ2v) is 7.44. The van der Waals surface area contributed by atoms with E-state index in [-0.39, 0.29) is 16.6 Å². The Morgan fingerprint density at radius 1 is 1.32 bits per heavy atom. The molecule has 0 aromatic rings. The van der Waals surface area contributed by atoms with E-state index in [4.69, 9.17) is 4.84 Å². The predicted octanol–water partition coefficient (Wildman–Crippen LogP) is 2.45. The molecule has 0 aliphatic carbocycles. The third kappa shape index (κ3) is 5.96. The predicted molar refractivity (Wildman–Crippen MR) is 76.5 cm³/mol. The molecule has 0 atom stereocenters. The summed E-state index contributed by atoms with van der Waals surface area (Å²) >= 11 is 0. The lowest BCUT2D eigenvalue weighted by atomic mass is 9.87. The highest BCUT2D eigenvalue weighted by atomic mass is 16.7. The molecular formula is C14H27N3O2. The Morgan fingerprint density at radius 3 is 2.37 bits per heavy atom. The lowest BCUT2D eigenvalue weighted by molar-refractivity contribution is 0.0909. The molecule has 1 heterocycles. The van der Waals surface area contributed by atoms with E-state index < -0.39 is 6.09 Å². The van der Waals surface area contributed by atoms with Crippen LogP contribution >= 0.6 is 0 Å².